The van der Waals surface area contributed by atoms with Crippen molar-refractivity contribution in [3.05, 3.63) is 0 Å². The maximum atomic E-state index is 12.0. The zero-order chi connectivity index (χ0) is 13.0. The van der Waals surface area contributed by atoms with Gasteiger partial charge in [0.2, 0.25) is 10.0 Å². The third kappa shape index (κ3) is 4.19. The van der Waals surface area contributed by atoms with Gasteiger partial charge in [-0.05, 0) is 45.2 Å². The summed E-state index contributed by atoms with van der Waals surface area (Å²) < 4.78 is 32.2. The number of rotatable bonds is 5. The van der Waals surface area contributed by atoms with E-state index < -0.39 is 10.0 Å². The van der Waals surface area contributed by atoms with Crippen LogP contribution in [0.2, 0.25) is 0 Å². The van der Waals surface area contributed by atoms with Gasteiger partial charge in [-0.2, -0.15) is 0 Å². The SMILES string of the molecule is CC1OCCC1CNS(=O)(=O)CC1CCNCC1. The van der Waals surface area contributed by atoms with Crippen LogP contribution in [0.1, 0.15) is 26.2 Å². The highest BCUT2D eigenvalue weighted by molar-refractivity contribution is 7.89. The first-order valence-electron chi connectivity index (χ1n) is 6.86. The predicted octanol–water partition coefficient (Wildman–Crippen LogP) is 0.330. The Bertz CT molecular complexity index is 352. The van der Waals surface area contributed by atoms with Gasteiger partial charge in [-0.15, -0.1) is 0 Å². The molecule has 2 rings (SSSR count). The lowest BCUT2D eigenvalue weighted by molar-refractivity contribution is 0.107. The van der Waals surface area contributed by atoms with E-state index in [9.17, 15) is 8.42 Å². The molecule has 0 amide bonds. The van der Waals surface area contributed by atoms with Crippen molar-refractivity contribution in [3.8, 4) is 0 Å². The van der Waals surface area contributed by atoms with Gasteiger partial charge in [-0.1, -0.05) is 0 Å². The molecule has 0 aromatic rings. The molecule has 0 aromatic carbocycles. The van der Waals surface area contributed by atoms with Gasteiger partial charge in [0.25, 0.3) is 0 Å². The molecule has 2 aliphatic heterocycles. The Hall–Kier alpha value is -0.170. The Morgan fingerprint density at radius 2 is 2.00 bits per heavy atom. The molecule has 2 fully saturated rings. The normalized spacial score (nSPS) is 30.7. The first kappa shape index (κ1) is 14.2. The van der Waals surface area contributed by atoms with Crippen LogP contribution < -0.4 is 10.0 Å². The Labute approximate surface area is 110 Å². The van der Waals surface area contributed by atoms with Crippen molar-refractivity contribution in [2.24, 2.45) is 11.8 Å². The van der Waals surface area contributed by atoms with Crippen molar-refractivity contribution in [3.63, 3.8) is 0 Å². The fourth-order valence-corrected chi connectivity index (χ4v) is 4.24. The Morgan fingerprint density at radius 3 is 2.61 bits per heavy atom. The third-order valence-electron chi connectivity index (χ3n) is 4.01. The first-order valence-corrected chi connectivity index (χ1v) is 8.52. The molecule has 0 aliphatic carbocycles. The maximum Gasteiger partial charge on any atom is 0.211 e. The molecule has 2 unspecified atom stereocenters. The Morgan fingerprint density at radius 1 is 1.28 bits per heavy atom. The fourth-order valence-electron chi connectivity index (χ4n) is 2.70. The molecule has 106 valence electrons. The number of hydrogen-bond donors (Lipinski definition) is 2. The summed E-state index contributed by atoms with van der Waals surface area (Å²) in [6, 6.07) is 0. The highest BCUT2D eigenvalue weighted by Gasteiger charge is 2.27. The van der Waals surface area contributed by atoms with Gasteiger partial charge in [0.1, 0.15) is 0 Å². The average molecular weight is 276 g/mol. The van der Waals surface area contributed by atoms with Crippen molar-refractivity contribution in [1.82, 2.24) is 10.0 Å². The highest BCUT2D eigenvalue weighted by Crippen LogP contribution is 2.20. The van der Waals surface area contributed by atoms with E-state index in [1.165, 1.54) is 0 Å². The molecule has 0 radical (unpaired) electrons. The van der Waals surface area contributed by atoms with Crippen molar-refractivity contribution in [2.75, 3.05) is 32.0 Å². The number of piperidine rings is 1. The second-order valence-corrected chi connectivity index (χ2v) is 7.30. The molecular weight excluding hydrogens is 252 g/mol. The summed E-state index contributed by atoms with van der Waals surface area (Å²) in [5, 5.41) is 3.25. The van der Waals surface area contributed by atoms with Crippen molar-refractivity contribution < 1.29 is 13.2 Å². The van der Waals surface area contributed by atoms with Gasteiger partial charge in [-0.3, -0.25) is 0 Å². The molecule has 2 saturated heterocycles. The van der Waals surface area contributed by atoms with E-state index in [-0.39, 0.29) is 11.9 Å². The molecular formula is C12H24N2O3S. The standard InChI is InChI=1S/C12H24N2O3S/c1-10-12(4-7-17-10)8-14-18(15,16)9-11-2-5-13-6-3-11/h10-14H,2-9H2,1H3. The minimum absolute atomic E-state index is 0.173. The summed E-state index contributed by atoms with van der Waals surface area (Å²) in [6.07, 6.45) is 3.05. The number of sulfonamides is 1. The zero-order valence-electron chi connectivity index (χ0n) is 11.0. The summed E-state index contributed by atoms with van der Waals surface area (Å²) >= 11 is 0. The molecule has 0 spiro atoms. The van der Waals surface area contributed by atoms with Gasteiger partial charge >= 0.3 is 0 Å². The van der Waals surface area contributed by atoms with Gasteiger partial charge in [0, 0.05) is 19.1 Å². The van der Waals surface area contributed by atoms with Gasteiger partial charge < -0.3 is 10.1 Å². The molecule has 6 heteroatoms. The largest absolute Gasteiger partial charge is 0.378 e. The lowest BCUT2D eigenvalue weighted by Crippen LogP contribution is -2.38. The van der Waals surface area contributed by atoms with Gasteiger partial charge in [-0.25, -0.2) is 13.1 Å². The molecule has 18 heavy (non-hydrogen) atoms. The predicted molar refractivity (Wildman–Crippen MR) is 70.9 cm³/mol. The zero-order valence-corrected chi connectivity index (χ0v) is 11.8. The summed E-state index contributed by atoms with van der Waals surface area (Å²) in [7, 11) is -3.13. The molecule has 0 aromatic heterocycles. The minimum atomic E-state index is -3.13. The second-order valence-electron chi connectivity index (χ2n) is 5.45. The van der Waals surface area contributed by atoms with Crippen LogP contribution in [0.15, 0.2) is 0 Å². The minimum Gasteiger partial charge on any atom is -0.378 e. The summed E-state index contributed by atoms with van der Waals surface area (Å²) in [4.78, 5) is 0. The summed E-state index contributed by atoms with van der Waals surface area (Å²) in [6.45, 7) is 5.16. The van der Waals surface area contributed by atoms with E-state index in [4.69, 9.17) is 4.74 Å². The van der Waals surface area contributed by atoms with Crippen LogP contribution in [0.25, 0.3) is 0 Å². The van der Waals surface area contributed by atoms with Crippen molar-refractivity contribution in [2.45, 2.75) is 32.3 Å². The lowest BCUT2D eigenvalue weighted by Gasteiger charge is -2.23. The van der Waals surface area contributed by atoms with Crippen molar-refractivity contribution in [1.29, 1.82) is 0 Å². The van der Waals surface area contributed by atoms with Crippen molar-refractivity contribution >= 4 is 10.0 Å². The second kappa shape index (κ2) is 6.32. The summed E-state index contributed by atoms with van der Waals surface area (Å²) in [5.41, 5.74) is 0. The first-order chi connectivity index (χ1) is 8.57. The molecule has 0 bridgehead atoms. The van der Waals surface area contributed by atoms with E-state index in [2.05, 4.69) is 10.0 Å². The van der Waals surface area contributed by atoms with E-state index >= 15 is 0 Å². The number of nitrogens with one attached hydrogen (secondary N) is 2. The van der Waals surface area contributed by atoms with E-state index in [0.717, 1.165) is 39.0 Å². The van der Waals surface area contributed by atoms with Crippen LogP contribution in [-0.4, -0.2) is 46.5 Å². The third-order valence-corrected chi connectivity index (χ3v) is 5.53. The number of ether oxygens (including phenoxy) is 1. The summed E-state index contributed by atoms with van der Waals surface area (Å²) in [5.74, 6) is 0.908. The smallest absolute Gasteiger partial charge is 0.211 e. The van der Waals surface area contributed by atoms with Gasteiger partial charge in [0.05, 0.1) is 11.9 Å². The van der Waals surface area contributed by atoms with Crippen LogP contribution in [0.3, 0.4) is 0 Å². The lowest BCUT2D eigenvalue weighted by atomic mass is 10.0. The van der Waals surface area contributed by atoms with Crippen LogP contribution >= 0.6 is 0 Å². The van der Waals surface area contributed by atoms with Crippen LogP contribution in [-0.2, 0) is 14.8 Å². The average Bonchev–Trinajstić information content (AvgIpc) is 2.73. The van der Waals surface area contributed by atoms with E-state index in [1.807, 2.05) is 6.92 Å². The quantitative estimate of drug-likeness (QED) is 0.759. The monoisotopic (exact) mass is 276 g/mol. The maximum absolute atomic E-state index is 12.0. The molecule has 0 saturated carbocycles. The topological polar surface area (TPSA) is 67.4 Å². The Kier molecular flexibility index (Phi) is 5.00. The van der Waals surface area contributed by atoms with Crippen LogP contribution in [0, 0.1) is 11.8 Å². The van der Waals surface area contributed by atoms with E-state index in [0.29, 0.717) is 18.4 Å². The van der Waals surface area contributed by atoms with Gasteiger partial charge in [0.15, 0.2) is 0 Å². The van der Waals surface area contributed by atoms with E-state index in [1.54, 1.807) is 0 Å². The molecule has 5 nitrogen and oxygen atoms in total. The number of hydrogen-bond acceptors (Lipinski definition) is 4. The molecule has 2 heterocycles. The Balaban J connectivity index is 1.76. The molecule has 2 aliphatic rings. The fraction of sp³-hybridized carbons (Fsp3) is 1.00. The van der Waals surface area contributed by atoms with Crippen LogP contribution in [0.5, 0.6) is 0 Å². The molecule has 2 N–H and O–H groups in total. The highest BCUT2D eigenvalue weighted by atomic mass is 32.2. The molecule has 2 atom stereocenters. The van der Waals surface area contributed by atoms with Crippen LogP contribution in [0.4, 0.5) is 0 Å².